The van der Waals surface area contributed by atoms with Crippen molar-refractivity contribution in [2.75, 3.05) is 0 Å². The monoisotopic (exact) mass is 262 g/mol. The molecule has 0 saturated carbocycles. The minimum atomic E-state index is -0.457. The molecule has 0 aliphatic carbocycles. The third-order valence-corrected chi connectivity index (χ3v) is 2.71. The molecule has 0 heterocycles. The molecule has 2 amide bonds. The summed E-state index contributed by atoms with van der Waals surface area (Å²) in [6.07, 6.45) is 0.639. The maximum Gasteiger partial charge on any atom is 0.242 e. The van der Waals surface area contributed by atoms with Crippen molar-refractivity contribution in [2.45, 2.75) is 39.8 Å². The molecule has 2 N–H and O–H groups in total. The molecule has 0 saturated heterocycles. The van der Waals surface area contributed by atoms with Crippen molar-refractivity contribution in [3.63, 3.8) is 0 Å². The highest BCUT2D eigenvalue weighted by atomic mass is 16.2. The van der Waals surface area contributed by atoms with Gasteiger partial charge in [-0.1, -0.05) is 44.2 Å². The van der Waals surface area contributed by atoms with E-state index in [0.717, 1.165) is 5.56 Å². The average Bonchev–Trinajstić information content (AvgIpc) is 2.35. The van der Waals surface area contributed by atoms with Gasteiger partial charge in [0.25, 0.3) is 0 Å². The zero-order valence-electron chi connectivity index (χ0n) is 11.8. The van der Waals surface area contributed by atoms with Crippen LogP contribution in [0.15, 0.2) is 30.3 Å². The van der Waals surface area contributed by atoms with E-state index in [2.05, 4.69) is 10.6 Å². The zero-order chi connectivity index (χ0) is 14.3. The molecule has 0 aromatic heterocycles. The fourth-order valence-corrected chi connectivity index (χ4v) is 1.86. The molecule has 0 bridgehead atoms. The first-order valence-corrected chi connectivity index (χ1v) is 6.57. The molecule has 0 aliphatic rings. The number of hydrogen-bond acceptors (Lipinski definition) is 2. The van der Waals surface area contributed by atoms with E-state index in [1.54, 1.807) is 0 Å². The number of nitrogens with one attached hydrogen (secondary N) is 2. The summed E-state index contributed by atoms with van der Waals surface area (Å²) < 4.78 is 0. The molecule has 1 rings (SSSR count). The predicted octanol–water partition coefficient (Wildman–Crippen LogP) is 1.85. The summed E-state index contributed by atoms with van der Waals surface area (Å²) in [5.41, 5.74) is 1.04. The Balaban J connectivity index is 2.54. The molecule has 19 heavy (non-hydrogen) atoms. The van der Waals surface area contributed by atoms with E-state index in [0.29, 0.717) is 18.9 Å². The lowest BCUT2D eigenvalue weighted by Crippen LogP contribution is -2.46. The second-order valence-corrected chi connectivity index (χ2v) is 5.09. The Bertz CT molecular complexity index is 415. The highest BCUT2D eigenvalue weighted by molar-refractivity contribution is 5.86. The van der Waals surface area contributed by atoms with Gasteiger partial charge in [-0.2, -0.15) is 0 Å². The van der Waals surface area contributed by atoms with Crippen LogP contribution in [0.3, 0.4) is 0 Å². The Morgan fingerprint density at radius 2 is 1.79 bits per heavy atom. The molecule has 0 radical (unpaired) electrons. The predicted molar refractivity (Wildman–Crippen MR) is 75.3 cm³/mol. The van der Waals surface area contributed by atoms with Gasteiger partial charge >= 0.3 is 0 Å². The minimum absolute atomic E-state index is 0.132. The molecule has 4 nitrogen and oxygen atoms in total. The molecular formula is C15H22N2O2. The quantitative estimate of drug-likeness (QED) is 0.822. The van der Waals surface area contributed by atoms with Gasteiger partial charge < -0.3 is 10.6 Å². The second kappa shape index (κ2) is 7.56. The minimum Gasteiger partial charge on any atom is -0.350 e. The van der Waals surface area contributed by atoms with E-state index in [1.165, 1.54) is 6.92 Å². The van der Waals surface area contributed by atoms with Gasteiger partial charge in [0.1, 0.15) is 6.04 Å². The van der Waals surface area contributed by atoms with Crippen LogP contribution in [0, 0.1) is 5.92 Å². The molecule has 0 unspecified atom stereocenters. The van der Waals surface area contributed by atoms with Crippen LogP contribution in [-0.2, 0) is 16.1 Å². The molecule has 0 fully saturated rings. The summed E-state index contributed by atoms with van der Waals surface area (Å²) in [6, 6.07) is 9.25. The molecule has 4 heteroatoms. The van der Waals surface area contributed by atoms with E-state index in [9.17, 15) is 9.59 Å². The van der Waals surface area contributed by atoms with Crippen LogP contribution < -0.4 is 10.6 Å². The molecule has 0 aliphatic heterocycles. The summed E-state index contributed by atoms with van der Waals surface area (Å²) in [6.45, 7) is 5.96. The van der Waals surface area contributed by atoms with Crippen molar-refractivity contribution in [1.82, 2.24) is 10.6 Å². The van der Waals surface area contributed by atoms with Crippen LogP contribution in [0.1, 0.15) is 32.8 Å². The van der Waals surface area contributed by atoms with Gasteiger partial charge in [-0.15, -0.1) is 0 Å². The summed E-state index contributed by atoms with van der Waals surface area (Å²) in [5.74, 6) is 0.0348. The smallest absolute Gasteiger partial charge is 0.242 e. The van der Waals surface area contributed by atoms with Gasteiger partial charge in [0.15, 0.2) is 0 Å². The lowest BCUT2D eigenvalue weighted by molar-refractivity contribution is -0.128. The van der Waals surface area contributed by atoms with Gasteiger partial charge in [0.05, 0.1) is 0 Å². The van der Waals surface area contributed by atoms with Crippen LogP contribution in [0.25, 0.3) is 0 Å². The number of carbonyl (C=O) groups is 2. The van der Waals surface area contributed by atoms with Crippen molar-refractivity contribution in [3.8, 4) is 0 Å². The Labute approximate surface area is 114 Å². The SMILES string of the molecule is CC(=O)N[C@@H](CC(C)C)C(=O)NCc1ccccc1. The van der Waals surface area contributed by atoms with Gasteiger partial charge in [0.2, 0.25) is 11.8 Å². The van der Waals surface area contributed by atoms with E-state index in [-0.39, 0.29) is 11.8 Å². The first-order chi connectivity index (χ1) is 8.99. The third-order valence-electron chi connectivity index (χ3n) is 2.71. The van der Waals surface area contributed by atoms with Crippen molar-refractivity contribution < 1.29 is 9.59 Å². The Morgan fingerprint density at radius 3 is 2.32 bits per heavy atom. The van der Waals surface area contributed by atoms with Crippen LogP contribution in [0.4, 0.5) is 0 Å². The van der Waals surface area contributed by atoms with Crippen LogP contribution in [-0.4, -0.2) is 17.9 Å². The van der Waals surface area contributed by atoms with E-state index < -0.39 is 6.04 Å². The van der Waals surface area contributed by atoms with Gasteiger partial charge in [-0.25, -0.2) is 0 Å². The van der Waals surface area contributed by atoms with E-state index in [4.69, 9.17) is 0 Å². The van der Waals surface area contributed by atoms with Gasteiger partial charge in [0, 0.05) is 13.5 Å². The standard InChI is InChI=1S/C15H22N2O2/c1-11(2)9-14(17-12(3)18)15(19)16-10-13-7-5-4-6-8-13/h4-8,11,14H,9-10H2,1-3H3,(H,16,19)(H,17,18)/t14-/m0/s1. The van der Waals surface area contributed by atoms with Crippen molar-refractivity contribution in [1.29, 1.82) is 0 Å². The lowest BCUT2D eigenvalue weighted by atomic mass is 10.0. The van der Waals surface area contributed by atoms with Crippen molar-refractivity contribution in [3.05, 3.63) is 35.9 Å². The van der Waals surface area contributed by atoms with Gasteiger partial charge in [-0.05, 0) is 17.9 Å². The van der Waals surface area contributed by atoms with Crippen LogP contribution in [0.2, 0.25) is 0 Å². The normalized spacial score (nSPS) is 12.0. The number of benzene rings is 1. The first-order valence-electron chi connectivity index (χ1n) is 6.57. The highest BCUT2D eigenvalue weighted by Crippen LogP contribution is 2.05. The number of rotatable bonds is 6. The lowest BCUT2D eigenvalue weighted by Gasteiger charge is -2.19. The Hall–Kier alpha value is -1.84. The molecule has 1 aromatic rings. The van der Waals surface area contributed by atoms with Crippen molar-refractivity contribution >= 4 is 11.8 Å². The maximum atomic E-state index is 12.1. The van der Waals surface area contributed by atoms with E-state index >= 15 is 0 Å². The second-order valence-electron chi connectivity index (χ2n) is 5.09. The summed E-state index contributed by atoms with van der Waals surface area (Å²) in [7, 11) is 0. The molecule has 1 atom stereocenters. The fourth-order valence-electron chi connectivity index (χ4n) is 1.86. The largest absolute Gasteiger partial charge is 0.350 e. The Morgan fingerprint density at radius 1 is 1.16 bits per heavy atom. The molecular weight excluding hydrogens is 240 g/mol. The van der Waals surface area contributed by atoms with E-state index in [1.807, 2.05) is 44.2 Å². The highest BCUT2D eigenvalue weighted by Gasteiger charge is 2.20. The number of hydrogen-bond donors (Lipinski definition) is 2. The third kappa shape index (κ3) is 6.04. The molecule has 1 aromatic carbocycles. The summed E-state index contributed by atoms with van der Waals surface area (Å²) in [4.78, 5) is 23.2. The number of amides is 2. The van der Waals surface area contributed by atoms with Gasteiger partial charge in [-0.3, -0.25) is 9.59 Å². The Kier molecular flexibility index (Phi) is 6.06. The molecule has 104 valence electrons. The molecule has 0 spiro atoms. The average molecular weight is 262 g/mol. The fraction of sp³-hybridized carbons (Fsp3) is 0.467. The van der Waals surface area contributed by atoms with Crippen LogP contribution in [0.5, 0.6) is 0 Å². The maximum absolute atomic E-state index is 12.1. The van der Waals surface area contributed by atoms with Crippen molar-refractivity contribution in [2.24, 2.45) is 5.92 Å². The first kappa shape index (κ1) is 15.2. The zero-order valence-corrected chi connectivity index (χ0v) is 11.8. The summed E-state index contributed by atoms with van der Waals surface area (Å²) in [5, 5.41) is 5.55. The van der Waals surface area contributed by atoms with Crippen LogP contribution >= 0.6 is 0 Å². The number of carbonyl (C=O) groups excluding carboxylic acids is 2. The summed E-state index contributed by atoms with van der Waals surface area (Å²) >= 11 is 0. The topological polar surface area (TPSA) is 58.2 Å².